The summed E-state index contributed by atoms with van der Waals surface area (Å²) < 4.78 is 56.7. The number of rotatable bonds is 9. The Hall–Kier alpha value is -0.970. The molecule has 2 aliphatic heterocycles. The highest BCUT2D eigenvalue weighted by molar-refractivity contribution is 7.82. The van der Waals surface area contributed by atoms with Crippen LogP contribution in [0.1, 0.15) is 44.9 Å². The van der Waals surface area contributed by atoms with E-state index in [0.29, 0.717) is 18.1 Å². The third kappa shape index (κ3) is 7.50. The van der Waals surface area contributed by atoms with Gasteiger partial charge < -0.3 is 9.64 Å². The average molecular weight is 509 g/mol. The van der Waals surface area contributed by atoms with E-state index in [4.69, 9.17) is 16.3 Å². The van der Waals surface area contributed by atoms with Crippen LogP contribution in [0.5, 0.6) is 0 Å². The first kappa shape index (κ1) is 25.1. The van der Waals surface area contributed by atoms with Gasteiger partial charge in [0.1, 0.15) is 0 Å². The van der Waals surface area contributed by atoms with Gasteiger partial charge >= 0.3 is 6.18 Å². The molecule has 11 heteroatoms. The molecule has 3 fully saturated rings. The average Bonchev–Trinajstić information content (AvgIpc) is 3.58. The minimum absolute atomic E-state index is 0.126. The van der Waals surface area contributed by atoms with E-state index in [1.807, 2.05) is 0 Å². The first-order chi connectivity index (χ1) is 15.8. The normalized spacial score (nSPS) is 26.5. The molecule has 0 radical (unpaired) electrons. The minimum Gasteiger partial charge on any atom is -0.378 e. The smallest absolute Gasteiger partial charge is 0.378 e. The van der Waals surface area contributed by atoms with Crippen LogP contribution in [-0.2, 0) is 15.7 Å². The van der Waals surface area contributed by atoms with Gasteiger partial charge in [-0.25, -0.2) is 18.5 Å². The third-order valence-electron chi connectivity index (χ3n) is 7.10. The Morgan fingerprint density at radius 3 is 2.39 bits per heavy atom. The van der Waals surface area contributed by atoms with Crippen molar-refractivity contribution in [2.75, 3.05) is 43.4 Å². The Morgan fingerprint density at radius 1 is 1.09 bits per heavy atom. The fourth-order valence-corrected chi connectivity index (χ4v) is 6.48. The lowest BCUT2D eigenvalue weighted by Crippen LogP contribution is -2.39. The summed E-state index contributed by atoms with van der Waals surface area (Å²) in [5.41, 5.74) is 0. The number of aromatic nitrogens is 2. The fourth-order valence-electron chi connectivity index (χ4n) is 5.10. The van der Waals surface area contributed by atoms with Gasteiger partial charge in [0.2, 0.25) is 5.95 Å². The Balaban J connectivity index is 1.07. The highest BCUT2D eigenvalue weighted by Crippen LogP contribution is 2.50. The molecular formula is C22H32ClF3N4O2S. The molecule has 0 amide bonds. The number of nitrogens with zero attached hydrogens (tertiary/aromatic N) is 4. The SMILES string of the molecule is O=S(CCC(F)(F)F)N1CCC(OCC[C@@H]2C[C@@H]2C2CCN(c3ncc(Cl)cn3)CC2)CC1. The van der Waals surface area contributed by atoms with Crippen LogP contribution in [0.4, 0.5) is 19.1 Å². The van der Waals surface area contributed by atoms with Gasteiger partial charge in [0.15, 0.2) is 0 Å². The molecule has 186 valence electrons. The molecule has 0 aromatic carbocycles. The number of alkyl halides is 3. The fraction of sp³-hybridized carbons (Fsp3) is 0.818. The summed E-state index contributed by atoms with van der Waals surface area (Å²) in [5, 5.41) is 0.554. The van der Waals surface area contributed by atoms with Gasteiger partial charge in [0, 0.05) is 38.5 Å². The molecule has 0 spiro atoms. The maximum atomic E-state index is 12.3. The first-order valence-corrected chi connectivity index (χ1v) is 13.5. The quantitative estimate of drug-likeness (QED) is 0.492. The predicted octanol–water partition coefficient (Wildman–Crippen LogP) is 4.47. The van der Waals surface area contributed by atoms with E-state index in [9.17, 15) is 17.4 Å². The van der Waals surface area contributed by atoms with Crippen LogP contribution in [0.25, 0.3) is 0 Å². The van der Waals surface area contributed by atoms with Crippen molar-refractivity contribution in [3.8, 4) is 0 Å². The number of piperidine rings is 2. The van der Waals surface area contributed by atoms with Crippen molar-refractivity contribution in [3.05, 3.63) is 17.4 Å². The van der Waals surface area contributed by atoms with Gasteiger partial charge in [-0.05, 0) is 56.3 Å². The second kappa shape index (κ2) is 11.2. The number of anilines is 1. The van der Waals surface area contributed by atoms with E-state index in [-0.39, 0.29) is 11.9 Å². The minimum atomic E-state index is -4.25. The Bertz CT molecular complexity index is 785. The van der Waals surface area contributed by atoms with Gasteiger partial charge in [0.05, 0.1) is 40.9 Å². The second-order valence-corrected chi connectivity index (χ2v) is 11.4. The number of hydrogen-bond donors (Lipinski definition) is 0. The zero-order chi connectivity index (χ0) is 23.4. The number of hydrogen-bond acceptors (Lipinski definition) is 5. The molecule has 4 rings (SSSR count). The second-order valence-electron chi connectivity index (χ2n) is 9.36. The molecule has 1 saturated carbocycles. The summed E-state index contributed by atoms with van der Waals surface area (Å²) in [6.07, 6.45) is 4.32. The number of halogens is 4. The maximum Gasteiger partial charge on any atom is 0.390 e. The Morgan fingerprint density at radius 2 is 1.76 bits per heavy atom. The van der Waals surface area contributed by atoms with Crippen LogP contribution in [0, 0.1) is 17.8 Å². The van der Waals surface area contributed by atoms with Crippen LogP contribution in [0.3, 0.4) is 0 Å². The van der Waals surface area contributed by atoms with Crippen LogP contribution < -0.4 is 4.90 Å². The summed E-state index contributed by atoms with van der Waals surface area (Å²) in [5.74, 6) is 2.70. The largest absolute Gasteiger partial charge is 0.390 e. The topological polar surface area (TPSA) is 58.6 Å². The van der Waals surface area contributed by atoms with Gasteiger partial charge in [-0.2, -0.15) is 13.2 Å². The maximum absolute atomic E-state index is 12.3. The Labute approximate surface area is 200 Å². The molecule has 6 nitrogen and oxygen atoms in total. The lowest BCUT2D eigenvalue weighted by atomic mass is 9.90. The summed E-state index contributed by atoms with van der Waals surface area (Å²) >= 11 is 5.87. The van der Waals surface area contributed by atoms with Crippen molar-refractivity contribution in [2.45, 2.75) is 57.2 Å². The third-order valence-corrected chi connectivity index (χ3v) is 8.79. The molecule has 1 unspecified atom stereocenters. The highest BCUT2D eigenvalue weighted by Gasteiger charge is 2.43. The number of ether oxygens (including phenoxy) is 1. The standard InChI is InChI=1S/C22H32ClF3N4O2S/c23-18-14-27-21(28-15-18)29-7-1-16(2-8-29)20-13-17(20)5-11-32-19-3-9-30(10-4-19)33(31)12-6-22(24,25)26/h14-17,19-20H,1-13H2/t17-,20-,33?/m1/s1. The lowest BCUT2D eigenvalue weighted by Gasteiger charge is -2.32. The van der Waals surface area contributed by atoms with Crippen LogP contribution >= 0.6 is 11.6 Å². The molecule has 3 aliphatic rings. The van der Waals surface area contributed by atoms with Crippen molar-refractivity contribution in [1.82, 2.24) is 14.3 Å². The van der Waals surface area contributed by atoms with Crippen LogP contribution in [-0.4, -0.2) is 69.3 Å². The summed E-state index contributed by atoms with van der Waals surface area (Å²) in [4.78, 5) is 10.9. The summed E-state index contributed by atoms with van der Waals surface area (Å²) in [7, 11) is -1.55. The van der Waals surface area contributed by atoms with Gasteiger partial charge in [-0.1, -0.05) is 11.6 Å². The first-order valence-electron chi connectivity index (χ1n) is 11.8. The monoisotopic (exact) mass is 508 g/mol. The Kier molecular flexibility index (Phi) is 8.51. The van der Waals surface area contributed by atoms with Crippen molar-refractivity contribution >= 4 is 28.5 Å². The predicted molar refractivity (Wildman–Crippen MR) is 122 cm³/mol. The molecule has 1 aromatic heterocycles. The molecule has 0 bridgehead atoms. The van der Waals surface area contributed by atoms with E-state index in [2.05, 4.69) is 14.9 Å². The van der Waals surface area contributed by atoms with Gasteiger partial charge in [-0.3, -0.25) is 0 Å². The highest BCUT2D eigenvalue weighted by atomic mass is 35.5. The van der Waals surface area contributed by atoms with E-state index < -0.39 is 23.6 Å². The molecular weight excluding hydrogens is 477 g/mol. The zero-order valence-corrected chi connectivity index (χ0v) is 20.3. The van der Waals surface area contributed by atoms with Crippen LogP contribution in [0.15, 0.2) is 12.4 Å². The van der Waals surface area contributed by atoms with Crippen LogP contribution in [0.2, 0.25) is 5.02 Å². The zero-order valence-electron chi connectivity index (χ0n) is 18.7. The molecule has 1 aliphatic carbocycles. The summed E-state index contributed by atoms with van der Waals surface area (Å²) in [6.45, 7) is 3.78. The van der Waals surface area contributed by atoms with Crippen molar-refractivity contribution < 1.29 is 22.1 Å². The van der Waals surface area contributed by atoms with Gasteiger partial charge in [0.25, 0.3) is 0 Å². The van der Waals surface area contributed by atoms with E-state index in [1.54, 1.807) is 16.7 Å². The molecule has 33 heavy (non-hydrogen) atoms. The molecule has 1 aromatic rings. The molecule has 2 saturated heterocycles. The van der Waals surface area contributed by atoms with E-state index >= 15 is 0 Å². The molecule has 3 atom stereocenters. The molecule has 3 heterocycles. The van der Waals surface area contributed by atoms with Crippen molar-refractivity contribution in [3.63, 3.8) is 0 Å². The van der Waals surface area contributed by atoms with E-state index in [1.165, 1.54) is 6.42 Å². The van der Waals surface area contributed by atoms with E-state index in [0.717, 1.165) is 75.5 Å². The molecule has 0 N–H and O–H groups in total. The lowest BCUT2D eigenvalue weighted by molar-refractivity contribution is -0.129. The van der Waals surface area contributed by atoms with Gasteiger partial charge in [-0.15, -0.1) is 0 Å². The van der Waals surface area contributed by atoms with Crippen molar-refractivity contribution in [1.29, 1.82) is 0 Å². The van der Waals surface area contributed by atoms with Crippen molar-refractivity contribution in [2.24, 2.45) is 17.8 Å². The summed E-state index contributed by atoms with van der Waals surface area (Å²) in [6, 6.07) is 0.